The van der Waals surface area contributed by atoms with Crippen LogP contribution in [0.1, 0.15) is 43.6 Å². The van der Waals surface area contributed by atoms with Gasteiger partial charge in [-0.05, 0) is 26.0 Å². The number of para-hydroxylation sites is 1. The average molecular weight is 433 g/mol. The molecule has 0 spiro atoms. The van der Waals surface area contributed by atoms with E-state index in [4.69, 9.17) is 4.52 Å². The molecule has 0 aliphatic heterocycles. The van der Waals surface area contributed by atoms with Crippen molar-refractivity contribution in [1.29, 1.82) is 0 Å². The minimum absolute atomic E-state index is 0.0204. The van der Waals surface area contributed by atoms with Gasteiger partial charge in [-0.2, -0.15) is 4.98 Å². The third kappa shape index (κ3) is 4.08. The fraction of sp³-hybridized carbons (Fsp3) is 0.389. The summed E-state index contributed by atoms with van der Waals surface area (Å²) >= 11 is 5.00. The summed E-state index contributed by atoms with van der Waals surface area (Å²) in [5, 5.41) is 13.7. The third-order valence-electron chi connectivity index (χ3n) is 4.14. The van der Waals surface area contributed by atoms with Crippen LogP contribution in [-0.4, -0.2) is 29.9 Å². The van der Waals surface area contributed by atoms with Crippen LogP contribution in [-0.2, 0) is 18.7 Å². The number of thiazole rings is 1. The minimum Gasteiger partial charge on any atom is -0.338 e. The Balaban J connectivity index is 1.45. The van der Waals surface area contributed by atoms with Gasteiger partial charge in [0.25, 0.3) is 0 Å². The highest BCUT2D eigenvalue weighted by Gasteiger charge is 2.20. The van der Waals surface area contributed by atoms with Crippen LogP contribution in [0.4, 0.5) is 0 Å². The summed E-state index contributed by atoms with van der Waals surface area (Å²) in [7, 11) is 0. The number of hydrogen-bond donors (Lipinski definition) is 0. The van der Waals surface area contributed by atoms with Gasteiger partial charge in [0.1, 0.15) is 5.82 Å². The highest BCUT2D eigenvalue weighted by Crippen LogP contribution is 2.35. The van der Waals surface area contributed by atoms with E-state index in [2.05, 4.69) is 42.9 Å². The van der Waals surface area contributed by atoms with E-state index in [0.717, 1.165) is 45.4 Å². The van der Waals surface area contributed by atoms with Crippen LogP contribution in [0.3, 0.4) is 0 Å². The molecule has 3 aromatic heterocycles. The molecule has 0 aliphatic carbocycles. The molecular weight excluding hydrogens is 412 g/mol. The first kappa shape index (κ1) is 19.4. The molecule has 1 aromatic carbocycles. The average Bonchev–Trinajstić information content (AvgIpc) is 3.43. The molecule has 4 aromatic rings. The molecule has 28 heavy (non-hydrogen) atoms. The number of nitrogens with zero attached hydrogens (tertiary/aromatic N) is 6. The Morgan fingerprint density at radius 1 is 1.18 bits per heavy atom. The van der Waals surface area contributed by atoms with Crippen molar-refractivity contribution < 1.29 is 4.52 Å². The van der Waals surface area contributed by atoms with Gasteiger partial charge in [0.15, 0.2) is 15.3 Å². The molecule has 0 N–H and O–H groups in total. The Morgan fingerprint density at radius 2 is 2.04 bits per heavy atom. The predicted molar refractivity (Wildman–Crippen MR) is 113 cm³/mol. The van der Waals surface area contributed by atoms with E-state index in [9.17, 15) is 0 Å². The standard InChI is InChI=1S/C18H20N6OS3/c1-4-14-20-16(25-23-14)11(3)27-17-22-21-15(24(17)5-2)10-26-18-19-12-8-6-7-9-13(12)28-18/h6-9,11H,4-5,10H2,1-3H3. The van der Waals surface area contributed by atoms with Gasteiger partial charge in [0, 0.05) is 13.0 Å². The molecule has 10 heteroatoms. The van der Waals surface area contributed by atoms with E-state index < -0.39 is 0 Å². The lowest BCUT2D eigenvalue weighted by atomic mass is 10.3. The van der Waals surface area contributed by atoms with E-state index in [0.29, 0.717) is 5.89 Å². The van der Waals surface area contributed by atoms with Crippen molar-refractivity contribution in [2.75, 3.05) is 0 Å². The maximum Gasteiger partial charge on any atom is 0.239 e. The minimum atomic E-state index is 0.0204. The Hall–Kier alpha value is -1.91. The lowest BCUT2D eigenvalue weighted by Gasteiger charge is -2.08. The zero-order valence-corrected chi connectivity index (χ0v) is 18.3. The quantitative estimate of drug-likeness (QED) is 0.360. The normalized spacial score (nSPS) is 12.7. The molecule has 7 nitrogen and oxygen atoms in total. The molecule has 0 saturated carbocycles. The van der Waals surface area contributed by atoms with Crippen LogP contribution in [0, 0.1) is 0 Å². The van der Waals surface area contributed by atoms with Gasteiger partial charge in [-0.25, -0.2) is 4.98 Å². The molecule has 3 heterocycles. The first-order valence-corrected chi connectivity index (χ1v) is 11.8. The van der Waals surface area contributed by atoms with Crippen LogP contribution < -0.4 is 0 Å². The van der Waals surface area contributed by atoms with E-state index >= 15 is 0 Å². The lowest BCUT2D eigenvalue weighted by Crippen LogP contribution is -2.03. The Labute approximate surface area is 175 Å². The van der Waals surface area contributed by atoms with Crippen molar-refractivity contribution in [2.45, 2.75) is 54.2 Å². The largest absolute Gasteiger partial charge is 0.338 e. The Bertz CT molecular complexity index is 1040. The van der Waals surface area contributed by atoms with Crippen LogP contribution in [0.25, 0.3) is 10.2 Å². The zero-order valence-electron chi connectivity index (χ0n) is 15.8. The van der Waals surface area contributed by atoms with Crippen molar-refractivity contribution in [3.05, 3.63) is 41.8 Å². The Kier molecular flexibility index (Phi) is 5.98. The van der Waals surface area contributed by atoms with E-state index in [1.165, 1.54) is 4.70 Å². The fourth-order valence-electron chi connectivity index (χ4n) is 2.65. The summed E-state index contributed by atoms with van der Waals surface area (Å²) < 4.78 is 9.75. The second-order valence-electron chi connectivity index (χ2n) is 6.04. The van der Waals surface area contributed by atoms with Gasteiger partial charge in [-0.1, -0.05) is 47.7 Å². The molecule has 1 atom stereocenters. The summed E-state index contributed by atoms with van der Waals surface area (Å²) in [5.41, 5.74) is 1.04. The topological polar surface area (TPSA) is 82.5 Å². The Morgan fingerprint density at radius 3 is 2.79 bits per heavy atom. The maximum atomic E-state index is 5.35. The van der Waals surface area contributed by atoms with Gasteiger partial charge in [0.05, 0.1) is 21.2 Å². The van der Waals surface area contributed by atoms with Crippen molar-refractivity contribution >= 4 is 45.1 Å². The summed E-state index contributed by atoms with van der Waals surface area (Å²) in [5.74, 6) is 3.03. The van der Waals surface area contributed by atoms with Gasteiger partial charge >= 0.3 is 0 Å². The number of rotatable bonds is 8. The van der Waals surface area contributed by atoms with Gasteiger partial charge in [0.2, 0.25) is 5.89 Å². The number of aromatic nitrogens is 6. The SMILES string of the molecule is CCc1noc(C(C)Sc2nnc(CSc3nc4ccccc4s3)n2CC)n1. The van der Waals surface area contributed by atoms with Crippen LogP contribution in [0.15, 0.2) is 38.3 Å². The molecule has 0 fully saturated rings. The van der Waals surface area contributed by atoms with Crippen molar-refractivity contribution in [3.8, 4) is 0 Å². The van der Waals surface area contributed by atoms with E-state index in [-0.39, 0.29) is 5.25 Å². The second kappa shape index (κ2) is 8.62. The number of hydrogen-bond acceptors (Lipinski definition) is 9. The predicted octanol–water partition coefficient (Wildman–Crippen LogP) is 5.00. The highest BCUT2D eigenvalue weighted by molar-refractivity contribution is 8.00. The molecule has 146 valence electrons. The van der Waals surface area contributed by atoms with Crippen molar-refractivity contribution in [1.82, 2.24) is 29.9 Å². The number of aryl methyl sites for hydroxylation is 1. The highest BCUT2D eigenvalue weighted by atomic mass is 32.2. The van der Waals surface area contributed by atoms with E-state index in [1.807, 2.05) is 32.0 Å². The molecule has 4 rings (SSSR count). The summed E-state index contributed by atoms with van der Waals surface area (Å²) in [6.45, 7) is 6.96. The third-order valence-corrected chi connectivity index (χ3v) is 7.38. The van der Waals surface area contributed by atoms with Gasteiger partial charge < -0.3 is 9.09 Å². The summed E-state index contributed by atoms with van der Waals surface area (Å²) in [4.78, 5) is 9.10. The first-order valence-electron chi connectivity index (χ1n) is 9.07. The zero-order chi connectivity index (χ0) is 19.5. The van der Waals surface area contributed by atoms with Crippen molar-refractivity contribution in [3.63, 3.8) is 0 Å². The number of benzene rings is 1. The summed E-state index contributed by atoms with van der Waals surface area (Å²) in [6, 6.07) is 8.20. The van der Waals surface area contributed by atoms with Crippen molar-refractivity contribution in [2.24, 2.45) is 0 Å². The van der Waals surface area contributed by atoms with Crippen LogP contribution in [0.5, 0.6) is 0 Å². The second-order valence-corrected chi connectivity index (χ2v) is 9.60. The monoisotopic (exact) mass is 432 g/mol. The molecular formula is C18H20N6OS3. The van der Waals surface area contributed by atoms with Crippen LogP contribution >= 0.6 is 34.9 Å². The smallest absolute Gasteiger partial charge is 0.239 e. The first-order chi connectivity index (χ1) is 13.7. The number of thioether (sulfide) groups is 2. The molecule has 0 aliphatic rings. The van der Waals surface area contributed by atoms with Crippen LogP contribution in [0.2, 0.25) is 0 Å². The molecule has 0 bridgehead atoms. The van der Waals surface area contributed by atoms with Gasteiger partial charge in [-0.3, -0.25) is 0 Å². The lowest BCUT2D eigenvalue weighted by molar-refractivity contribution is 0.375. The molecule has 0 amide bonds. The summed E-state index contributed by atoms with van der Waals surface area (Å²) in [6.07, 6.45) is 0.763. The fourth-order valence-corrected chi connectivity index (χ4v) is 5.62. The number of fused-ring (bicyclic) bond motifs is 1. The molecule has 1 unspecified atom stereocenters. The molecule has 0 radical (unpaired) electrons. The van der Waals surface area contributed by atoms with Gasteiger partial charge in [-0.15, -0.1) is 21.5 Å². The maximum absolute atomic E-state index is 5.35. The van der Waals surface area contributed by atoms with E-state index in [1.54, 1.807) is 34.9 Å². The molecule has 0 saturated heterocycles.